The van der Waals surface area contributed by atoms with Gasteiger partial charge in [-0.1, -0.05) is 0 Å². The molecule has 1 rings (SSSR count). The molecule has 2 atom stereocenters. The van der Waals surface area contributed by atoms with E-state index in [-0.39, 0.29) is 36.3 Å². The zero-order valence-electron chi connectivity index (χ0n) is 10.9. The summed E-state index contributed by atoms with van der Waals surface area (Å²) in [5, 5.41) is 0. The van der Waals surface area contributed by atoms with E-state index in [4.69, 9.17) is 9.47 Å². The Morgan fingerprint density at radius 2 is 2.11 bits per heavy atom. The van der Waals surface area contributed by atoms with Gasteiger partial charge in [0.05, 0.1) is 25.0 Å². The highest BCUT2D eigenvalue weighted by Crippen LogP contribution is 2.28. The summed E-state index contributed by atoms with van der Waals surface area (Å²) >= 11 is 0. The van der Waals surface area contributed by atoms with Crippen molar-refractivity contribution in [3.8, 4) is 0 Å². The zero-order valence-corrected chi connectivity index (χ0v) is 10.9. The van der Waals surface area contributed by atoms with Crippen LogP contribution in [-0.2, 0) is 23.9 Å². The number of hydrogen-bond donors (Lipinski definition) is 0. The Morgan fingerprint density at radius 1 is 1.39 bits per heavy atom. The minimum Gasteiger partial charge on any atom is -0.466 e. The Kier molecular flexibility index (Phi) is 5.98. The summed E-state index contributed by atoms with van der Waals surface area (Å²) in [6.07, 6.45) is 1.29. The Bertz CT molecular complexity index is 323. The van der Waals surface area contributed by atoms with Crippen molar-refractivity contribution in [2.75, 3.05) is 20.3 Å². The van der Waals surface area contributed by atoms with Gasteiger partial charge in [0.1, 0.15) is 11.6 Å². The van der Waals surface area contributed by atoms with Crippen molar-refractivity contribution in [2.24, 2.45) is 11.8 Å². The first-order valence-corrected chi connectivity index (χ1v) is 6.31. The van der Waals surface area contributed by atoms with Crippen LogP contribution in [0.3, 0.4) is 0 Å². The second kappa shape index (κ2) is 7.26. The predicted octanol–water partition coefficient (Wildman–Crippen LogP) is 1.14. The van der Waals surface area contributed by atoms with Gasteiger partial charge in [-0.25, -0.2) is 0 Å². The summed E-state index contributed by atoms with van der Waals surface area (Å²) in [7, 11) is 1.51. The Morgan fingerprint density at radius 3 is 2.72 bits per heavy atom. The molecule has 0 radical (unpaired) electrons. The Labute approximate surface area is 107 Å². The van der Waals surface area contributed by atoms with E-state index in [9.17, 15) is 14.4 Å². The molecule has 0 amide bonds. The smallest absolute Gasteiger partial charge is 0.308 e. The fraction of sp³-hybridized carbons (Fsp3) is 0.769. The van der Waals surface area contributed by atoms with Crippen molar-refractivity contribution in [1.82, 2.24) is 0 Å². The summed E-state index contributed by atoms with van der Waals surface area (Å²) in [6.45, 7) is 2.38. The van der Waals surface area contributed by atoms with E-state index in [0.29, 0.717) is 26.1 Å². The minimum atomic E-state index is -0.650. The molecule has 102 valence electrons. The van der Waals surface area contributed by atoms with Crippen LogP contribution < -0.4 is 0 Å². The molecule has 0 spiro atoms. The van der Waals surface area contributed by atoms with Crippen molar-refractivity contribution in [3.05, 3.63) is 0 Å². The van der Waals surface area contributed by atoms with Gasteiger partial charge >= 0.3 is 5.97 Å². The second-order valence-electron chi connectivity index (χ2n) is 4.45. The predicted molar refractivity (Wildman–Crippen MR) is 64.0 cm³/mol. The third kappa shape index (κ3) is 3.91. The Balaban J connectivity index is 2.58. The molecule has 1 aliphatic carbocycles. The largest absolute Gasteiger partial charge is 0.466 e. The van der Waals surface area contributed by atoms with Crippen LogP contribution in [0.5, 0.6) is 0 Å². The normalized spacial score (nSPS) is 23.8. The lowest BCUT2D eigenvalue weighted by Crippen LogP contribution is -2.35. The third-order valence-corrected chi connectivity index (χ3v) is 3.21. The number of esters is 1. The highest BCUT2D eigenvalue weighted by atomic mass is 16.5. The van der Waals surface area contributed by atoms with Gasteiger partial charge in [-0.05, 0) is 19.8 Å². The number of carbonyl (C=O) groups excluding carboxylic acids is 3. The molecule has 2 unspecified atom stereocenters. The van der Waals surface area contributed by atoms with Gasteiger partial charge < -0.3 is 9.47 Å². The maximum atomic E-state index is 11.8. The van der Waals surface area contributed by atoms with Gasteiger partial charge in [-0.2, -0.15) is 0 Å². The van der Waals surface area contributed by atoms with Crippen LogP contribution in [0.1, 0.15) is 32.6 Å². The highest BCUT2D eigenvalue weighted by molar-refractivity contribution is 6.03. The first kappa shape index (κ1) is 14.8. The van der Waals surface area contributed by atoms with Crippen LogP contribution in [0, 0.1) is 11.8 Å². The van der Waals surface area contributed by atoms with Crippen molar-refractivity contribution in [1.29, 1.82) is 0 Å². The molecule has 1 saturated carbocycles. The summed E-state index contributed by atoms with van der Waals surface area (Å²) < 4.78 is 9.77. The van der Waals surface area contributed by atoms with E-state index in [1.54, 1.807) is 6.92 Å². The van der Waals surface area contributed by atoms with Crippen LogP contribution in [-0.4, -0.2) is 37.9 Å². The summed E-state index contributed by atoms with van der Waals surface area (Å²) in [5.74, 6) is -1.45. The number of carbonyl (C=O) groups is 3. The highest BCUT2D eigenvalue weighted by Gasteiger charge is 2.36. The molecule has 0 N–H and O–H groups in total. The number of Topliss-reactive ketones (excluding diaryl/α,β-unsaturated/α-hetero) is 2. The van der Waals surface area contributed by atoms with Crippen molar-refractivity contribution in [3.63, 3.8) is 0 Å². The second-order valence-corrected chi connectivity index (χ2v) is 4.45. The monoisotopic (exact) mass is 256 g/mol. The molecule has 0 aliphatic heterocycles. The molecule has 5 nitrogen and oxygen atoms in total. The summed E-state index contributed by atoms with van der Waals surface area (Å²) in [4.78, 5) is 35.2. The van der Waals surface area contributed by atoms with Crippen molar-refractivity contribution < 1.29 is 23.9 Å². The molecule has 18 heavy (non-hydrogen) atoms. The fourth-order valence-corrected chi connectivity index (χ4v) is 2.19. The lowest BCUT2D eigenvalue weighted by molar-refractivity contribution is -0.151. The minimum absolute atomic E-state index is 0.0587. The number of hydrogen-bond acceptors (Lipinski definition) is 5. The van der Waals surface area contributed by atoms with Gasteiger partial charge in [0, 0.05) is 20.0 Å². The van der Waals surface area contributed by atoms with E-state index in [1.165, 1.54) is 7.11 Å². The molecule has 0 aromatic heterocycles. The average molecular weight is 256 g/mol. The number of rotatable bonds is 6. The fourth-order valence-electron chi connectivity index (χ4n) is 2.19. The number of ketones is 2. The van der Waals surface area contributed by atoms with Crippen LogP contribution >= 0.6 is 0 Å². The zero-order chi connectivity index (χ0) is 13.5. The van der Waals surface area contributed by atoms with Crippen LogP contribution in [0.2, 0.25) is 0 Å². The van der Waals surface area contributed by atoms with Gasteiger partial charge in [0.15, 0.2) is 0 Å². The molecule has 0 aromatic carbocycles. The molecule has 1 fully saturated rings. The molecule has 1 aliphatic rings. The molecular weight excluding hydrogens is 236 g/mol. The van der Waals surface area contributed by atoms with Crippen LogP contribution in [0.4, 0.5) is 0 Å². The van der Waals surface area contributed by atoms with Crippen molar-refractivity contribution in [2.45, 2.75) is 32.6 Å². The van der Waals surface area contributed by atoms with E-state index in [2.05, 4.69) is 0 Å². The van der Waals surface area contributed by atoms with Crippen LogP contribution in [0.25, 0.3) is 0 Å². The van der Waals surface area contributed by atoms with Crippen LogP contribution in [0.15, 0.2) is 0 Å². The van der Waals surface area contributed by atoms with Crippen molar-refractivity contribution >= 4 is 17.5 Å². The van der Waals surface area contributed by atoms with Gasteiger partial charge in [0.25, 0.3) is 0 Å². The third-order valence-electron chi connectivity index (χ3n) is 3.21. The first-order valence-electron chi connectivity index (χ1n) is 6.31. The molecule has 0 heterocycles. The molecule has 0 bridgehead atoms. The number of ether oxygens (including phenoxy) is 2. The number of methoxy groups -OCH3 is 1. The molecule has 0 aromatic rings. The molecular formula is C13H20O5. The van der Waals surface area contributed by atoms with Gasteiger partial charge in [0.2, 0.25) is 0 Å². The summed E-state index contributed by atoms with van der Waals surface area (Å²) in [5.41, 5.74) is 0. The lowest BCUT2D eigenvalue weighted by atomic mass is 9.78. The lowest BCUT2D eigenvalue weighted by Gasteiger charge is -2.25. The standard InChI is InChI=1S/C13H20O5/c1-3-18-13(16)9-4-5-11(14)10(8-9)12(15)6-7-17-2/h9-10H,3-8H2,1-2H3. The average Bonchev–Trinajstić information content (AvgIpc) is 2.36. The SMILES string of the molecule is CCOC(=O)C1CCC(=O)C(C(=O)CCOC)C1. The topological polar surface area (TPSA) is 69.7 Å². The maximum Gasteiger partial charge on any atom is 0.308 e. The quantitative estimate of drug-likeness (QED) is 0.526. The maximum absolute atomic E-state index is 11.8. The molecule has 5 heteroatoms. The van der Waals surface area contributed by atoms with E-state index >= 15 is 0 Å². The van der Waals surface area contributed by atoms with Gasteiger partial charge in [-0.3, -0.25) is 14.4 Å². The summed E-state index contributed by atoms with van der Waals surface area (Å²) in [6, 6.07) is 0. The van der Waals surface area contributed by atoms with E-state index < -0.39 is 5.92 Å². The molecule has 0 saturated heterocycles. The first-order chi connectivity index (χ1) is 8.60. The van der Waals surface area contributed by atoms with E-state index in [0.717, 1.165) is 0 Å². The Hall–Kier alpha value is -1.23. The van der Waals surface area contributed by atoms with E-state index in [1.807, 2.05) is 0 Å². The van der Waals surface area contributed by atoms with Gasteiger partial charge in [-0.15, -0.1) is 0 Å².